The lowest BCUT2D eigenvalue weighted by atomic mass is 10.1. The van der Waals surface area contributed by atoms with Gasteiger partial charge in [-0.3, -0.25) is 4.79 Å². The first-order valence-corrected chi connectivity index (χ1v) is 9.10. The summed E-state index contributed by atoms with van der Waals surface area (Å²) in [6, 6.07) is 9.78. The third-order valence-corrected chi connectivity index (χ3v) is 4.91. The quantitative estimate of drug-likeness (QED) is 0.835. The first-order chi connectivity index (χ1) is 13.0. The number of nitrogens with zero attached hydrogens (tertiary/aromatic N) is 1. The van der Waals surface area contributed by atoms with Gasteiger partial charge in [0.15, 0.2) is 0 Å². The van der Waals surface area contributed by atoms with E-state index in [1.54, 1.807) is 32.4 Å². The van der Waals surface area contributed by atoms with Crippen molar-refractivity contribution in [3.63, 3.8) is 0 Å². The van der Waals surface area contributed by atoms with E-state index in [1.165, 1.54) is 6.07 Å². The lowest BCUT2D eigenvalue weighted by Gasteiger charge is -2.20. The molecule has 5 nitrogen and oxygen atoms in total. The van der Waals surface area contributed by atoms with E-state index >= 15 is 0 Å². The van der Waals surface area contributed by atoms with Gasteiger partial charge in [-0.15, -0.1) is 0 Å². The van der Waals surface area contributed by atoms with Gasteiger partial charge in [0.2, 0.25) is 0 Å². The smallest absolute Gasteiger partial charge is 0.251 e. The zero-order valence-corrected chi connectivity index (χ0v) is 15.9. The molecule has 2 aromatic carbocycles. The van der Waals surface area contributed by atoms with Crippen molar-refractivity contribution < 1.29 is 18.7 Å². The maximum Gasteiger partial charge on any atom is 0.251 e. The Hall–Kier alpha value is -2.76. The minimum atomic E-state index is -0.362. The van der Waals surface area contributed by atoms with Crippen LogP contribution in [0, 0.1) is 5.82 Å². The van der Waals surface area contributed by atoms with Gasteiger partial charge in [-0.2, -0.15) is 0 Å². The van der Waals surface area contributed by atoms with Gasteiger partial charge in [-0.05, 0) is 50.1 Å². The maximum atomic E-state index is 14.5. The van der Waals surface area contributed by atoms with Crippen LogP contribution >= 0.6 is 0 Å². The number of methoxy groups -OCH3 is 2. The monoisotopic (exact) mass is 372 g/mol. The molecule has 3 rings (SSSR count). The van der Waals surface area contributed by atoms with Crippen LogP contribution in [0.5, 0.6) is 11.5 Å². The van der Waals surface area contributed by atoms with Gasteiger partial charge in [0.05, 0.1) is 25.9 Å². The highest BCUT2D eigenvalue weighted by molar-refractivity contribution is 5.94. The number of carbonyl (C=O) groups is 1. The number of halogens is 1. The molecule has 0 bridgehead atoms. The molecule has 1 aliphatic heterocycles. The molecule has 1 atom stereocenters. The number of hydrogen-bond donors (Lipinski definition) is 1. The van der Waals surface area contributed by atoms with Crippen LogP contribution < -0.4 is 19.7 Å². The zero-order valence-electron chi connectivity index (χ0n) is 15.9. The zero-order chi connectivity index (χ0) is 19.4. The maximum absolute atomic E-state index is 14.5. The van der Waals surface area contributed by atoms with Crippen LogP contribution in [0.4, 0.5) is 10.1 Å². The molecule has 144 valence electrons. The van der Waals surface area contributed by atoms with Crippen LogP contribution in [-0.2, 0) is 0 Å². The summed E-state index contributed by atoms with van der Waals surface area (Å²) in [7, 11) is 3.15. The fraction of sp³-hybridized carbons (Fsp3) is 0.381. The van der Waals surface area contributed by atoms with Crippen molar-refractivity contribution in [2.45, 2.75) is 25.8 Å². The topological polar surface area (TPSA) is 50.8 Å². The van der Waals surface area contributed by atoms with Gasteiger partial charge in [-0.1, -0.05) is 0 Å². The first kappa shape index (κ1) is 19.0. The van der Waals surface area contributed by atoms with Crippen LogP contribution in [0.3, 0.4) is 0 Å². The third-order valence-electron chi connectivity index (χ3n) is 4.91. The summed E-state index contributed by atoms with van der Waals surface area (Å²) in [4.78, 5) is 14.6. The van der Waals surface area contributed by atoms with E-state index in [4.69, 9.17) is 9.47 Å². The fourth-order valence-electron chi connectivity index (χ4n) is 3.40. The van der Waals surface area contributed by atoms with Crippen molar-refractivity contribution in [3.05, 3.63) is 53.3 Å². The standard InChI is InChI=1S/C21H25FN2O3/c1-14(17-8-7-16(26-2)13-20(17)27-3)23-21(25)15-6-9-19(18(22)12-15)24-10-4-5-11-24/h6-9,12-14H,4-5,10-11H2,1-3H3,(H,23,25). The summed E-state index contributed by atoms with van der Waals surface area (Å²) in [6.45, 7) is 3.57. The van der Waals surface area contributed by atoms with Crippen molar-refractivity contribution in [2.75, 3.05) is 32.2 Å². The predicted octanol–water partition coefficient (Wildman–Crippen LogP) is 3.93. The van der Waals surface area contributed by atoms with Crippen LogP contribution in [0.25, 0.3) is 0 Å². The van der Waals surface area contributed by atoms with E-state index in [2.05, 4.69) is 5.32 Å². The lowest BCUT2D eigenvalue weighted by molar-refractivity contribution is 0.0939. The van der Waals surface area contributed by atoms with Gasteiger partial charge < -0.3 is 19.7 Å². The molecule has 1 heterocycles. The molecule has 1 amide bonds. The van der Waals surface area contributed by atoms with Crippen molar-refractivity contribution in [3.8, 4) is 11.5 Å². The molecular formula is C21H25FN2O3. The Balaban J connectivity index is 1.74. The van der Waals surface area contributed by atoms with E-state index in [-0.39, 0.29) is 17.8 Å². The van der Waals surface area contributed by atoms with Gasteiger partial charge in [0.25, 0.3) is 5.91 Å². The summed E-state index contributed by atoms with van der Waals surface area (Å²) < 4.78 is 25.1. The Morgan fingerprint density at radius 1 is 1.11 bits per heavy atom. The van der Waals surface area contributed by atoms with E-state index in [0.717, 1.165) is 31.5 Å². The van der Waals surface area contributed by atoms with E-state index < -0.39 is 0 Å². The van der Waals surface area contributed by atoms with Crippen molar-refractivity contribution in [1.29, 1.82) is 0 Å². The molecule has 0 aliphatic carbocycles. The molecule has 1 fully saturated rings. The summed E-state index contributed by atoms with van der Waals surface area (Å²) in [6.07, 6.45) is 2.14. The summed E-state index contributed by atoms with van der Waals surface area (Å²) in [5, 5.41) is 2.90. The van der Waals surface area contributed by atoms with Crippen molar-refractivity contribution >= 4 is 11.6 Å². The largest absolute Gasteiger partial charge is 0.497 e. The number of amides is 1. The highest BCUT2D eigenvalue weighted by atomic mass is 19.1. The second kappa shape index (κ2) is 8.29. The molecule has 1 aliphatic rings. The normalized spacial score (nSPS) is 14.7. The van der Waals surface area contributed by atoms with Crippen molar-refractivity contribution in [1.82, 2.24) is 5.32 Å². The second-order valence-corrected chi connectivity index (χ2v) is 6.66. The molecule has 27 heavy (non-hydrogen) atoms. The molecule has 1 saturated heterocycles. The van der Waals surface area contributed by atoms with Gasteiger partial charge >= 0.3 is 0 Å². The fourth-order valence-corrected chi connectivity index (χ4v) is 3.40. The van der Waals surface area contributed by atoms with Crippen molar-refractivity contribution in [2.24, 2.45) is 0 Å². The number of benzene rings is 2. The Kier molecular flexibility index (Phi) is 5.84. The van der Waals surface area contributed by atoms with E-state index in [0.29, 0.717) is 22.7 Å². The van der Waals surface area contributed by atoms with Gasteiger partial charge in [0.1, 0.15) is 17.3 Å². The predicted molar refractivity (Wildman–Crippen MR) is 103 cm³/mol. The molecule has 6 heteroatoms. The molecule has 0 radical (unpaired) electrons. The third kappa shape index (κ3) is 4.15. The summed E-state index contributed by atoms with van der Waals surface area (Å²) in [5.41, 5.74) is 1.68. The summed E-state index contributed by atoms with van der Waals surface area (Å²) in [5.74, 6) is 0.609. The summed E-state index contributed by atoms with van der Waals surface area (Å²) >= 11 is 0. The molecule has 2 aromatic rings. The average molecular weight is 372 g/mol. The number of rotatable bonds is 6. The van der Waals surface area contributed by atoms with Crippen LogP contribution in [0.1, 0.15) is 41.7 Å². The molecule has 1 unspecified atom stereocenters. The minimum absolute atomic E-state index is 0.301. The lowest BCUT2D eigenvalue weighted by Crippen LogP contribution is -2.27. The SMILES string of the molecule is COc1ccc(C(C)NC(=O)c2ccc(N3CCCC3)c(F)c2)c(OC)c1. The van der Waals surface area contributed by atoms with Crippen LogP contribution in [-0.4, -0.2) is 33.2 Å². The number of hydrogen-bond acceptors (Lipinski definition) is 4. The highest BCUT2D eigenvalue weighted by Crippen LogP contribution is 2.30. The number of nitrogens with one attached hydrogen (secondary N) is 1. The van der Waals surface area contributed by atoms with E-state index in [9.17, 15) is 9.18 Å². The van der Waals surface area contributed by atoms with Crippen LogP contribution in [0.2, 0.25) is 0 Å². The Morgan fingerprint density at radius 3 is 2.48 bits per heavy atom. The highest BCUT2D eigenvalue weighted by Gasteiger charge is 2.19. The number of anilines is 1. The van der Waals surface area contributed by atoms with Gasteiger partial charge in [-0.25, -0.2) is 4.39 Å². The Morgan fingerprint density at radius 2 is 1.85 bits per heavy atom. The average Bonchev–Trinajstić information content (AvgIpc) is 3.21. The molecule has 1 N–H and O–H groups in total. The van der Waals surface area contributed by atoms with Crippen LogP contribution in [0.15, 0.2) is 36.4 Å². The molecule has 0 spiro atoms. The molecular weight excluding hydrogens is 347 g/mol. The minimum Gasteiger partial charge on any atom is -0.497 e. The Bertz CT molecular complexity index is 819. The molecule has 0 aromatic heterocycles. The first-order valence-electron chi connectivity index (χ1n) is 9.10. The number of carbonyl (C=O) groups excluding carboxylic acids is 1. The van der Waals surface area contributed by atoms with Gasteiger partial charge in [0, 0.05) is 30.3 Å². The second-order valence-electron chi connectivity index (χ2n) is 6.66. The Labute approximate surface area is 159 Å². The molecule has 0 saturated carbocycles. The number of ether oxygens (including phenoxy) is 2. The van der Waals surface area contributed by atoms with E-state index in [1.807, 2.05) is 24.0 Å².